The van der Waals surface area contributed by atoms with Crippen molar-refractivity contribution >= 4 is 22.6 Å². The number of aryl methyl sites for hydroxylation is 2. The predicted octanol–water partition coefficient (Wildman–Crippen LogP) is 8.22. The van der Waals surface area contributed by atoms with Crippen molar-refractivity contribution in [1.82, 2.24) is 19.6 Å². The van der Waals surface area contributed by atoms with Crippen LogP contribution in [0.25, 0.3) is 22.5 Å². The van der Waals surface area contributed by atoms with E-state index < -0.39 is 0 Å². The predicted molar refractivity (Wildman–Crippen MR) is 201 cm³/mol. The molecule has 3 atom stereocenters. The van der Waals surface area contributed by atoms with Crippen LogP contribution in [-0.4, -0.2) is 19.6 Å². The summed E-state index contributed by atoms with van der Waals surface area (Å²) in [5.41, 5.74) is 13.1. The number of halogens is 1. The molecule has 3 aliphatic carbocycles. The Kier molecular flexibility index (Phi) is 10.1. The zero-order chi connectivity index (χ0) is 33.2. The first-order chi connectivity index (χ1) is 22.6. The molecule has 3 aliphatic rings. The van der Waals surface area contributed by atoms with Gasteiger partial charge in [-0.1, -0.05) is 51.1 Å². The number of benzene rings is 3. The van der Waals surface area contributed by atoms with Gasteiger partial charge in [0.05, 0.1) is 11.4 Å². The lowest BCUT2D eigenvalue weighted by atomic mass is 10.0. The van der Waals surface area contributed by atoms with Crippen LogP contribution in [0.3, 0.4) is 0 Å². The van der Waals surface area contributed by atoms with E-state index in [1.54, 1.807) is 27.9 Å². The monoisotopic (exact) mass is 742 g/mol. The van der Waals surface area contributed by atoms with Crippen LogP contribution in [0.15, 0.2) is 76.3 Å². The minimum absolute atomic E-state index is 0.0271. The molecule has 2 aromatic heterocycles. The van der Waals surface area contributed by atoms with E-state index in [9.17, 15) is 9.59 Å². The van der Waals surface area contributed by atoms with E-state index >= 15 is 0 Å². The summed E-state index contributed by atoms with van der Waals surface area (Å²) in [6.45, 7) is 12.4. The van der Waals surface area contributed by atoms with E-state index in [0.717, 1.165) is 59.7 Å². The number of nitrogens with zero attached hydrogens (tertiary/aromatic N) is 2. The average molecular weight is 743 g/mol. The second kappa shape index (κ2) is 14.3. The van der Waals surface area contributed by atoms with Gasteiger partial charge < -0.3 is 0 Å². The Balaban J connectivity index is 0.000000127. The molecule has 0 spiro atoms. The SMILES string of the molecule is CC1Cc2ccc(I)cc2C1.CCn1[nH]c(-c2ccc3c(c2)CC(C)C3)cc1=O.CCn1[nH]c(=O)cc1-c1ccc2c(c1)CC(C)C2. The number of aromatic nitrogens is 4. The molecule has 0 amide bonds. The van der Waals surface area contributed by atoms with Crippen LogP contribution in [0.2, 0.25) is 0 Å². The summed E-state index contributed by atoms with van der Waals surface area (Å²) in [7, 11) is 0. The maximum atomic E-state index is 11.7. The molecule has 6 nitrogen and oxygen atoms in total. The van der Waals surface area contributed by atoms with Gasteiger partial charge in [0.15, 0.2) is 0 Å². The topological polar surface area (TPSA) is 75.6 Å². The Hall–Kier alpha value is -3.59. The van der Waals surface area contributed by atoms with E-state index in [1.807, 2.05) is 18.5 Å². The van der Waals surface area contributed by atoms with Crippen molar-refractivity contribution in [2.75, 3.05) is 0 Å². The third kappa shape index (κ3) is 7.61. The zero-order valence-corrected chi connectivity index (χ0v) is 30.5. The van der Waals surface area contributed by atoms with Gasteiger partial charge in [0.1, 0.15) is 0 Å². The molecule has 3 aromatic carbocycles. The fourth-order valence-electron chi connectivity index (χ4n) is 7.54. The molecule has 2 N–H and O–H groups in total. The number of nitrogens with one attached hydrogen (secondary N) is 2. The molecule has 0 saturated heterocycles. The zero-order valence-electron chi connectivity index (χ0n) is 28.3. The first kappa shape index (κ1) is 33.3. The van der Waals surface area contributed by atoms with Gasteiger partial charge in [0.25, 0.3) is 11.1 Å². The Bertz CT molecular complexity index is 1990. The number of rotatable bonds is 4. The molecule has 47 heavy (non-hydrogen) atoms. The Morgan fingerprint density at radius 3 is 1.64 bits per heavy atom. The van der Waals surface area contributed by atoms with Crippen LogP contribution >= 0.6 is 22.6 Å². The Morgan fingerprint density at radius 1 is 0.596 bits per heavy atom. The van der Waals surface area contributed by atoms with E-state index in [4.69, 9.17) is 0 Å². The van der Waals surface area contributed by atoms with Gasteiger partial charge in [-0.2, -0.15) is 0 Å². The van der Waals surface area contributed by atoms with Crippen LogP contribution < -0.4 is 11.1 Å². The highest BCUT2D eigenvalue weighted by molar-refractivity contribution is 14.1. The minimum Gasteiger partial charge on any atom is -0.295 e. The van der Waals surface area contributed by atoms with E-state index in [-0.39, 0.29) is 11.1 Å². The summed E-state index contributed by atoms with van der Waals surface area (Å²) in [4.78, 5) is 23.1. The number of hydrogen-bond donors (Lipinski definition) is 2. The molecule has 8 rings (SSSR count). The molecule has 246 valence electrons. The van der Waals surface area contributed by atoms with E-state index in [0.29, 0.717) is 6.54 Å². The molecule has 0 radical (unpaired) electrons. The van der Waals surface area contributed by atoms with E-state index in [1.165, 1.54) is 51.5 Å². The van der Waals surface area contributed by atoms with Gasteiger partial charge in [0.2, 0.25) is 0 Å². The second-order valence-electron chi connectivity index (χ2n) is 13.9. The third-order valence-corrected chi connectivity index (χ3v) is 10.5. The highest BCUT2D eigenvalue weighted by Crippen LogP contribution is 2.31. The van der Waals surface area contributed by atoms with Crippen molar-refractivity contribution < 1.29 is 0 Å². The molecule has 0 aliphatic heterocycles. The largest absolute Gasteiger partial charge is 0.295 e. The number of fused-ring (bicyclic) bond motifs is 3. The van der Waals surface area contributed by atoms with Gasteiger partial charge >= 0.3 is 0 Å². The lowest BCUT2D eigenvalue weighted by Crippen LogP contribution is -2.13. The standard InChI is InChI=1S/2C15H18N2O.C10H11I/c1-3-17-14(9-15(18)16-17)12-5-4-11-6-10(2)7-13(11)8-12;1-3-17-15(18)9-14(16-17)12-5-4-11-6-10(2)7-13(11)8-12;1-7-4-8-2-3-10(11)6-9(8)5-7/h4-5,8-10H,3,6-7H2,1-2H3,(H,16,18);4-5,8-10,16H,3,6-7H2,1-2H3;2-3,6-7H,4-5H2,1H3. The summed E-state index contributed by atoms with van der Waals surface area (Å²) in [6.07, 6.45) is 7.25. The summed E-state index contributed by atoms with van der Waals surface area (Å²) in [5.74, 6) is 2.35. The first-order valence-corrected chi connectivity index (χ1v) is 18.3. The van der Waals surface area contributed by atoms with Crippen molar-refractivity contribution in [3.05, 3.63) is 124 Å². The van der Waals surface area contributed by atoms with Gasteiger partial charge in [-0.25, -0.2) is 0 Å². The van der Waals surface area contributed by atoms with Crippen LogP contribution in [0.5, 0.6) is 0 Å². The van der Waals surface area contributed by atoms with E-state index in [2.05, 4.69) is 108 Å². The third-order valence-electron chi connectivity index (χ3n) is 9.82. The summed E-state index contributed by atoms with van der Waals surface area (Å²) in [5, 5.41) is 5.98. The molecule has 5 aromatic rings. The van der Waals surface area contributed by atoms with Crippen molar-refractivity contribution in [3.63, 3.8) is 0 Å². The maximum Gasteiger partial charge on any atom is 0.267 e. The quantitative estimate of drug-likeness (QED) is 0.182. The lowest BCUT2D eigenvalue weighted by molar-refractivity contribution is 0.627. The second-order valence-corrected chi connectivity index (χ2v) is 15.2. The first-order valence-electron chi connectivity index (χ1n) is 17.2. The lowest BCUT2D eigenvalue weighted by Gasteiger charge is -2.07. The summed E-state index contributed by atoms with van der Waals surface area (Å²) < 4.78 is 4.91. The molecule has 2 heterocycles. The van der Waals surface area contributed by atoms with Crippen LogP contribution in [0, 0.1) is 21.3 Å². The van der Waals surface area contributed by atoms with Crippen molar-refractivity contribution in [3.8, 4) is 22.5 Å². The highest BCUT2D eigenvalue weighted by atomic mass is 127. The Labute approximate surface area is 291 Å². The smallest absolute Gasteiger partial charge is 0.267 e. The van der Waals surface area contributed by atoms with Crippen molar-refractivity contribution in [2.45, 2.75) is 86.2 Å². The van der Waals surface area contributed by atoms with Crippen molar-refractivity contribution in [1.29, 1.82) is 0 Å². The minimum atomic E-state index is -0.0271. The fourth-order valence-corrected chi connectivity index (χ4v) is 8.10. The Morgan fingerprint density at radius 2 is 1.09 bits per heavy atom. The molecule has 0 bridgehead atoms. The highest BCUT2D eigenvalue weighted by Gasteiger charge is 2.20. The van der Waals surface area contributed by atoms with Crippen molar-refractivity contribution in [2.24, 2.45) is 17.8 Å². The molecule has 7 heteroatoms. The average Bonchev–Trinajstić information content (AvgIpc) is 3.86. The van der Waals surface area contributed by atoms with Gasteiger partial charge in [0, 0.05) is 34.4 Å². The van der Waals surface area contributed by atoms with Gasteiger partial charge in [-0.3, -0.25) is 29.2 Å². The molecule has 0 saturated carbocycles. The fraction of sp³-hybridized carbons (Fsp3) is 0.400. The van der Waals surface area contributed by atoms with Crippen LogP contribution in [0.4, 0.5) is 0 Å². The van der Waals surface area contributed by atoms with Crippen LogP contribution in [-0.2, 0) is 51.6 Å². The number of hydrogen-bond acceptors (Lipinski definition) is 2. The van der Waals surface area contributed by atoms with Crippen LogP contribution in [0.1, 0.15) is 68.0 Å². The number of aromatic amines is 2. The maximum absolute atomic E-state index is 11.7. The summed E-state index contributed by atoms with van der Waals surface area (Å²) >= 11 is 2.38. The molecular weight excluding hydrogens is 695 g/mol. The normalized spacial score (nSPS) is 18.9. The molecular formula is C40H47IN4O2. The molecule has 3 unspecified atom stereocenters. The summed E-state index contributed by atoms with van der Waals surface area (Å²) in [6, 6.07) is 23.3. The van der Waals surface area contributed by atoms with Gasteiger partial charge in [-0.05, 0) is 156 Å². The van der Waals surface area contributed by atoms with Gasteiger partial charge in [-0.15, -0.1) is 0 Å². The molecule has 0 fully saturated rings. The number of H-pyrrole nitrogens is 2.